The number of benzene rings is 1. The van der Waals surface area contributed by atoms with Gasteiger partial charge in [0.2, 0.25) is 5.89 Å². The quantitative estimate of drug-likeness (QED) is 0.720. The number of aryl methyl sites for hydroxylation is 2. The monoisotopic (exact) mass is 302 g/mol. The largest absolute Gasteiger partial charge is 0.338 e. The second-order valence-corrected chi connectivity index (χ2v) is 6.45. The fourth-order valence-corrected chi connectivity index (χ4v) is 2.98. The molecule has 2 heterocycles. The van der Waals surface area contributed by atoms with E-state index in [4.69, 9.17) is 4.52 Å². The molecule has 21 heavy (non-hydrogen) atoms. The summed E-state index contributed by atoms with van der Waals surface area (Å²) >= 11 is 1.60. The lowest BCUT2D eigenvalue weighted by molar-refractivity contribution is 0.374. The highest BCUT2D eigenvalue weighted by Crippen LogP contribution is 2.33. The van der Waals surface area contributed by atoms with Crippen molar-refractivity contribution in [2.45, 2.75) is 44.0 Å². The van der Waals surface area contributed by atoms with Crippen molar-refractivity contribution >= 4 is 22.8 Å². The van der Waals surface area contributed by atoms with Gasteiger partial charge in [0.15, 0.2) is 11.0 Å². The van der Waals surface area contributed by atoms with Gasteiger partial charge in [-0.2, -0.15) is 4.98 Å². The van der Waals surface area contributed by atoms with Crippen LogP contribution in [0, 0.1) is 6.92 Å². The number of hydrogen-bond donors (Lipinski definition) is 1. The van der Waals surface area contributed by atoms with Gasteiger partial charge in [-0.15, -0.1) is 0 Å². The number of hydrogen-bond acceptors (Lipinski definition) is 5. The van der Waals surface area contributed by atoms with Crippen LogP contribution in [-0.4, -0.2) is 20.1 Å². The predicted octanol–water partition coefficient (Wildman–Crippen LogP) is 4.06. The second-order valence-electron chi connectivity index (χ2n) is 5.12. The number of aromatic amines is 1. The average Bonchev–Trinajstić information content (AvgIpc) is 3.05. The SMILES string of the molecule is CCCc1noc([C@H](C)Sc2nc3ccc(C)cc3[nH]2)n1. The third-order valence-electron chi connectivity index (χ3n) is 3.21. The van der Waals surface area contributed by atoms with E-state index >= 15 is 0 Å². The maximum atomic E-state index is 5.32. The van der Waals surface area contributed by atoms with Crippen LogP contribution in [0.2, 0.25) is 0 Å². The van der Waals surface area contributed by atoms with E-state index in [2.05, 4.69) is 46.1 Å². The molecule has 0 aliphatic heterocycles. The molecular formula is C15H18N4OS. The van der Waals surface area contributed by atoms with Crippen LogP contribution in [0.3, 0.4) is 0 Å². The molecule has 0 aliphatic rings. The van der Waals surface area contributed by atoms with Gasteiger partial charge in [-0.3, -0.25) is 0 Å². The minimum atomic E-state index is 0.0739. The fourth-order valence-electron chi connectivity index (χ4n) is 2.13. The van der Waals surface area contributed by atoms with Crippen LogP contribution in [0.15, 0.2) is 27.9 Å². The molecule has 3 rings (SSSR count). The number of fused-ring (bicyclic) bond motifs is 1. The number of nitrogens with zero attached hydrogens (tertiary/aromatic N) is 3. The number of imidazole rings is 1. The zero-order valence-electron chi connectivity index (χ0n) is 12.4. The third kappa shape index (κ3) is 3.10. The van der Waals surface area contributed by atoms with Crippen molar-refractivity contribution in [3.05, 3.63) is 35.5 Å². The molecule has 1 aromatic carbocycles. The fraction of sp³-hybridized carbons (Fsp3) is 0.400. The van der Waals surface area contributed by atoms with E-state index in [1.807, 2.05) is 13.0 Å². The van der Waals surface area contributed by atoms with Gasteiger partial charge < -0.3 is 9.51 Å². The summed E-state index contributed by atoms with van der Waals surface area (Å²) in [5, 5.41) is 4.94. The zero-order chi connectivity index (χ0) is 14.8. The highest BCUT2D eigenvalue weighted by Gasteiger charge is 2.17. The predicted molar refractivity (Wildman–Crippen MR) is 83.4 cm³/mol. The van der Waals surface area contributed by atoms with Gasteiger partial charge in [-0.25, -0.2) is 4.98 Å². The highest BCUT2D eigenvalue weighted by molar-refractivity contribution is 7.99. The first-order valence-electron chi connectivity index (χ1n) is 7.11. The molecule has 3 aromatic rings. The Morgan fingerprint density at radius 1 is 1.33 bits per heavy atom. The smallest absolute Gasteiger partial charge is 0.239 e. The van der Waals surface area contributed by atoms with Crippen molar-refractivity contribution in [1.29, 1.82) is 0 Å². The summed E-state index contributed by atoms with van der Waals surface area (Å²) in [5.74, 6) is 1.43. The van der Waals surface area contributed by atoms with Crippen molar-refractivity contribution in [3.63, 3.8) is 0 Å². The van der Waals surface area contributed by atoms with Crippen LogP contribution in [-0.2, 0) is 6.42 Å². The molecule has 0 saturated heterocycles. The summed E-state index contributed by atoms with van der Waals surface area (Å²) in [6, 6.07) is 6.20. The van der Waals surface area contributed by atoms with Crippen LogP contribution in [0.4, 0.5) is 0 Å². The summed E-state index contributed by atoms with van der Waals surface area (Å²) in [5.41, 5.74) is 3.26. The average molecular weight is 302 g/mol. The molecule has 2 aromatic heterocycles. The highest BCUT2D eigenvalue weighted by atomic mass is 32.2. The molecule has 0 aliphatic carbocycles. The lowest BCUT2D eigenvalue weighted by Gasteiger charge is -2.02. The maximum absolute atomic E-state index is 5.32. The first-order valence-corrected chi connectivity index (χ1v) is 7.99. The molecule has 0 radical (unpaired) electrons. The van der Waals surface area contributed by atoms with Crippen LogP contribution >= 0.6 is 11.8 Å². The normalized spacial score (nSPS) is 12.9. The van der Waals surface area contributed by atoms with Crippen molar-refractivity contribution in [2.24, 2.45) is 0 Å². The Bertz CT molecular complexity index is 749. The van der Waals surface area contributed by atoms with Crippen LogP contribution in [0.1, 0.15) is 42.8 Å². The van der Waals surface area contributed by atoms with Gasteiger partial charge in [-0.1, -0.05) is 29.9 Å². The van der Waals surface area contributed by atoms with Gasteiger partial charge in [0.25, 0.3) is 0 Å². The maximum Gasteiger partial charge on any atom is 0.239 e. The number of nitrogens with one attached hydrogen (secondary N) is 1. The minimum absolute atomic E-state index is 0.0739. The van der Waals surface area contributed by atoms with Gasteiger partial charge in [-0.05, 0) is 38.0 Å². The summed E-state index contributed by atoms with van der Waals surface area (Å²) in [6.07, 6.45) is 1.87. The van der Waals surface area contributed by atoms with Crippen molar-refractivity contribution in [2.75, 3.05) is 0 Å². The molecule has 0 unspecified atom stereocenters. The zero-order valence-corrected chi connectivity index (χ0v) is 13.2. The van der Waals surface area contributed by atoms with Crippen LogP contribution in [0.5, 0.6) is 0 Å². The van der Waals surface area contributed by atoms with E-state index in [-0.39, 0.29) is 5.25 Å². The molecule has 1 N–H and O–H groups in total. The van der Waals surface area contributed by atoms with E-state index in [0.717, 1.165) is 34.9 Å². The molecule has 0 spiro atoms. The summed E-state index contributed by atoms with van der Waals surface area (Å²) in [4.78, 5) is 12.3. The van der Waals surface area contributed by atoms with Gasteiger partial charge in [0.1, 0.15) is 0 Å². The standard InChI is InChI=1S/C15H18N4OS/c1-4-5-13-18-14(20-19-13)10(3)21-15-16-11-7-6-9(2)8-12(11)17-15/h6-8,10H,4-5H2,1-3H3,(H,16,17)/t10-/m0/s1. The van der Waals surface area contributed by atoms with E-state index < -0.39 is 0 Å². The number of thioether (sulfide) groups is 1. The Balaban J connectivity index is 1.76. The minimum Gasteiger partial charge on any atom is -0.338 e. The van der Waals surface area contributed by atoms with Crippen molar-refractivity contribution < 1.29 is 4.52 Å². The molecule has 0 fully saturated rings. The summed E-state index contributed by atoms with van der Waals surface area (Å²) in [6.45, 7) is 6.22. The molecular weight excluding hydrogens is 284 g/mol. The van der Waals surface area contributed by atoms with E-state index in [1.165, 1.54) is 5.56 Å². The number of H-pyrrole nitrogens is 1. The number of aromatic nitrogens is 4. The van der Waals surface area contributed by atoms with Gasteiger partial charge in [0, 0.05) is 6.42 Å². The van der Waals surface area contributed by atoms with Gasteiger partial charge >= 0.3 is 0 Å². The van der Waals surface area contributed by atoms with Gasteiger partial charge in [0.05, 0.1) is 16.3 Å². The Morgan fingerprint density at radius 3 is 3.00 bits per heavy atom. The second kappa shape index (κ2) is 5.89. The van der Waals surface area contributed by atoms with Crippen molar-refractivity contribution in [3.8, 4) is 0 Å². The lowest BCUT2D eigenvalue weighted by atomic mass is 10.2. The molecule has 0 amide bonds. The van der Waals surface area contributed by atoms with Crippen molar-refractivity contribution in [1.82, 2.24) is 20.1 Å². The van der Waals surface area contributed by atoms with Crippen LogP contribution < -0.4 is 0 Å². The van der Waals surface area contributed by atoms with Crippen LogP contribution in [0.25, 0.3) is 11.0 Å². The third-order valence-corrected chi connectivity index (χ3v) is 4.18. The molecule has 110 valence electrons. The van der Waals surface area contributed by atoms with E-state index in [0.29, 0.717) is 5.89 Å². The first kappa shape index (κ1) is 14.1. The Kier molecular flexibility index (Phi) is 3.96. The topological polar surface area (TPSA) is 67.6 Å². The van der Waals surface area contributed by atoms with E-state index in [9.17, 15) is 0 Å². The Morgan fingerprint density at radius 2 is 2.19 bits per heavy atom. The van der Waals surface area contributed by atoms with E-state index in [1.54, 1.807) is 11.8 Å². The molecule has 1 atom stereocenters. The lowest BCUT2D eigenvalue weighted by Crippen LogP contribution is -1.91. The first-order chi connectivity index (χ1) is 10.2. The number of rotatable bonds is 5. The summed E-state index contributed by atoms with van der Waals surface area (Å²) in [7, 11) is 0. The molecule has 6 heteroatoms. The molecule has 0 saturated carbocycles. The molecule has 0 bridgehead atoms. The molecule has 5 nitrogen and oxygen atoms in total. The Hall–Kier alpha value is -1.82. The Labute approximate surface area is 127 Å². The summed E-state index contributed by atoms with van der Waals surface area (Å²) < 4.78 is 5.32.